The van der Waals surface area contributed by atoms with E-state index in [-0.39, 0.29) is 12.4 Å². The van der Waals surface area contributed by atoms with Gasteiger partial charge in [0, 0.05) is 10.9 Å². The van der Waals surface area contributed by atoms with Crippen molar-refractivity contribution in [2.45, 2.75) is 25.3 Å². The summed E-state index contributed by atoms with van der Waals surface area (Å²) >= 11 is 1.74. The van der Waals surface area contributed by atoms with Crippen molar-refractivity contribution in [1.29, 1.82) is 0 Å². The number of aryl methyl sites for hydroxylation is 1. The standard InChI is InChI=1S/C7H10N2S.ClH/c8-5-1-2-6-7(3-5)10-4-9-6;/h4-5H,1-3,8H2;1H. The fourth-order valence-corrected chi connectivity index (χ4v) is 2.23. The van der Waals surface area contributed by atoms with Crippen LogP contribution in [-0.2, 0) is 12.8 Å². The molecule has 1 aromatic rings. The lowest BCUT2D eigenvalue weighted by molar-refractivity contribution is 0.576. The minimum atomic E-state index is 0. The Bertz CT molecular complexity index is 236. The molecule has 0 saturated heterocycles. The Labute approximate surface area is 76.2 Å². The van der Waals surface area contributed by atoms with Gasteiger partial charge in [-0.2, -0.15) is 0 Å². The molecule has 0 saturated carbocycles. The molecule has 2 nitrogen and oxygen atoms in total. The van der Waals surface area contributed by atoms with Gasteiger partial charge >= 0.3 is 0 Å². The van der Waals surface area contributed by atoms with Crippen LogP contribution in [0.5, 0.6) is 0 Å². The van der Waals surface area contributed by atoms with Gasteiger partial charge in [0.25, 0.3) is 0 Å². The molecule has 1 heterocycles. The van der Waals surface area contributed by atoms with Gasteiger partial charge in [0.2, 0.25) is 0 Å². The van der Waals surface area contributed by atoms with Crippen molar-refractivity contribution < 1.29 is 0 Å². The number of aromatic nitrogens is 1. The molecule has 11 heavy (non-hydrogen) atoms. The second-order valence-corrected chi connectivity index (χ2v) is 3.66. The summed E-state index contributed by atoms with van der Waals surface area (Å²) in [7, 11) is 0. The second kappa shape index (κ2) is 3.52. The second-order valence-electron chi connectivity index (χ2n) is 2.73. The lowest BCUT2D eigenvalue weighted by atomic mass is 9.99. The molecule has 62 valence electrons. The monoisotopic (exact) mass is 190 g/mol. The fraction of sp³-hybridized carbons (Fsp3) is 0.571. The number of rotatable bonds is 0. The van der Waals surface area contributed by atoms with Crippen LogP contribution in [0.3, 0.4) is 0 Å². The third-order valence-electron chi connectivity index (χ3n) is 1.92. The van der Waals surface area contributed by atoms with E-state index in [0.717, 1.165) is 19.3 Å². The van der Waals surface area contributed by atoms with E-state index < -0.39 is 0 Å². The Morgan fingerprint density at radius 2 is 2.45 bits per heavy atom. The highest BCUT2D eigenvalue weighted by molar-refractivity contribution is 7.09. The highest BCUT2D eigenvalue weighted by Crippen LogP contribution is 2.22. The van der Waals surface area contributed by atoms with E-state index in [2.05, 4.69) is 4.98 Å². The molecule has 4 heteroatoms. The van der Waals surface area contributed by atoms with Crippen molar-refractivity contribution in [2.24, 2.45) is 5.73 Å². The maximum Gasteiger partial charge on any atom is 0.0797 e. The Hall–Kier alpha value is -0.120. The van der Waals surface area contributed by atoms with Crippen LogP contribution < -0.4 is 5.73 Å². The number of hydrogen-bond acceptors (Lipinski definition) is 3. The van der Waals surface area contributed by atoms with E-state index in [0.29, 0.717) is 6.04 Å². The molecule has 1 aliphatic carbocycles. The first-order valence-corrected chi connectivity index (χ1v) is 4.41. The molecule has 1 aliphatic rings. The zero-order valence-electron chi connectivity index (χ0n) is 6.12. The van der Waals surface area contributed by atoms with Crippen molar-refractivity contribution in [2.75, 3.05) is 0 Å². The molecular formula is C7H11ClN2S. The fourth-order valence-electron chi connectivity index (χ4n) is 1.33. The SMILES string of the molecule is Cl.NC1CCc2ncsc2C1. The maximum atomic E-state index is 5.79. The van der Waals surface area contributed by atoms with E-state index in [1.54, 1.807) is 11.3 Å². The lowest BCUT2D eigenvalue weighted by Crippen LogP contribution is -2.26. The summed E-state index contributed by atoms with van der Waals surface area (Å²) in [6.45, 7) is 0. The summed E-state index contributed by atoms with van der Waals surface area (Å²) in [5.74, 6) is 0. The highest BCUT2D eigenvalue weighted by Gasteiger charge is 2.16. The van der Waals surface area contributed by atoms with Gasteiger partial charge < -0.3 is 5.73 Å². The van der Waals surface area contributed by atoms with Crippen LogP contribution >= 0.6 is 23.7 Å². The minimum absolute atomic E-state index is 0. The number of nitrogens with two attached hydrogens (primary N) is 1. The molecular weight excluding hydrogens is 180 g/mol. The molecule has 0 fully saturated rings. The zero-order valence-corrected chi connectivity index (χ0v) is 7.75. The number of nitrogens with zero attached hydrogens (tertiary/aromatic N) is 1. The van der Waals surface area contributed by atoms with E-state index in [1.165, 1.54) is 10.6 Å². The molecule has 1 atom stereocenters. The van der Waals surface area contributed by atoms with Crippen LogP contribution in [-0.4, -0.2) is 11.0 Å². The topological polar surface area (TPSA) is 38.9 Å². The summed E-state index contributed by atoms with van der Waals surface area (Å²) in [6.07, 6.45) is 3.23. The van der Waals surface area contributed by atoms with Gasteiger partial charge in [-0.1, -0.05) is 0 Å². The van der Waals surface area contributed by atoms with Crippen molar-refractivity contribution in [3.05, 3.63) is 16.1 Å². The van der Waals surface area contributed by atoms with Crippen molar-refractivity contribution in [3.63, 3.8) is 0 Å². The zero-order chi connectivity index (χ0) is 6.97. The van der Waals surface area contributed by atoms with E-state index >= 15 is 0 Å². The number of thiazole rings is 1. The minimum Gasteiger partial charge on any atom is -0.327 e. The third kappa shape index (κ3) is 1.72. The van der Waals surface area contributed by atoms with Gasteiger partial charge in [0.1, 0.15) is 0 Å². The molecule has 0 spiro atoms. The number of fused-ring (bicyclic) bond motifs is 1. The summed E-state index contributed by atoms with van der Waals surface area (Å²) in [5.41, 5.74) is 8.99. The first kappa shape index (κ1) is 8.97. The van der Waals surface area contributed by atoms with Crippen LogP contribution in [0.2, 0.25) is 0 Å². The van der Waals surface area contributed by atoms with Gasteiger partial charge in [-0.15, -0.1) is 23.7 Å². The van der Waals surface area contributed by atoms with E-state index in [1.807, 2.05) is 5.51 Å². The predicted molar refractivity (Wildman–Crippen MR) is 49.4 cm³/mol. The van der Waals surface area contributed by atoms with E-state index in [4.69, 9.17) is 5.73 Å². The molecule has 1 unspecified atom stereocenters. The molecule has 0 amide bonds. The van der Waals surface area contributed by atoms with Crippen LogP contribution in [0.4, 0.5) is 0 Å². The quantitative estimate of drug-likeness (QED) is 0.672. The highest BCUT2D eigenvalue weighted by atomic mass is 35.5. The molecule has 1 aromatic heterocycles. The predicted octanol–water partition coefficient (Wildman–Crippen LogP) is 1.38. The number of halogens is 1. The van der Waals surface area contributed by atoms with Crippen molar-refractivity contribution >= 4 is 23.7 Å². The molecule has 2 rings (SSSR count). The smallest absolute Gasteiger partial charge is 0.0797 e. The van der Waals surface area contributed by atoms with Crippen LogP contribution in [0, 0.1) is 0 Å². The van der Waals surface area contributed by atoms with Crippen LogP contribution in [0.25, 0.3) is 0 Å². The molecule has 0 aromatic carbocycles. The van der Waals surface area contributed by atoms with E-state index in [9.17, 15) is 0 Å². The summed E-state index contributed by atoms with van der Waals surface area (Å²) < 4.78 is 0. The normalized spacial score (nSPS) is 22.1. The Morgan fingerprint density at radius 1 is 1.64 bits per heavy atom. The summed E-state index contributed by atoms with van der Waals surface area (Å²) in [6, 6.07) is 0.382. The Balaban J connectivity index is 0.000000605. The lowest BCUT2D eigenvalue weighted by Gasteiger charge is -2.15. The van der Waals surface area contributed by atoms with Gasteiger partial charge in [0.05, 0.1) is 11.2 Å². The molecule has 0 radical (unpaired) electrons. The maximum absolute atomic E-state index is 5.79. The van der Waals surface area contributed by atoms with Crippen molar-refractivity contribution in [3.8, 4) is 0 Å². The number of hydrogen-bond donors (Lipinski definition) is 1. The first-order chi connectivity index (χ1) is 4.86. The van der Waals surface area contributed by atoms with Crippen LogP contribution in [0.15, 0.2) is 5.51 Å². The molecule has 0 aliphatic heterocycles. The average Bonchev–Trinajstić information content (AvgIpc) is 2.33. The Kier molecular flexibility index (Phi) is 2.87. The van der Waals surface area contributed by atoms with Gasteiger partial charge in [-0.05, 0) is 19.3 Å². The average molecular weight is 191 g/mol. The molecule has 0 bridgehead atoms. The van der Waals surface area contributed by atoms with Gasteiger partial charge in [-0.3, -0.25) is 0 Å². The van der Waals surface area contributed by atoms with Gasteiger partial charge in [0.15, 0.2) is 0 Å². The first-order valence-electron chi connectivity index (χ1n) is 3.53. The summed E-state index contributed by atoms with van der Waals surface area (Å²) in [5, 5.41) is 0. The largest absolute Gasteiger partial charge is 0.327 e. The van der Waals surface area contributed by atoms with Crippen LogP contribution in [0.1, 0.15) is 17.0 Å². The third-order valence-corrected chi connectivity index (χ3v) is 2.82. The molecule has 2 N–H and O–H groups in total. The van der Waals surface area contributed by atoms with Gasteiger partial charge in [-0.25, -0.2) is 4.98 Å². The van der Waals surface area contributed by atoms with Crippen molar-refractivity contribution in [1.82, 2.24) is 4.98 Å². The summed E-state index contributed by atoms with van der Waals surface area (Å²) in [4.78, 5) is 5.66. The Morgan fingerprint density at radius 3 is 3.27 bits per heavy atom.